The molecule has 10 nitrogen and oxygen atoms in total. The molecule has 0 aliphatic carbocycles. The molecule has 0 spiro atoms. The molecule has 1 saturated heterocycles. The van der Waals surface area contributed by atoms with Crippen LogP contribution < -0.4 is 20.7 Å². The fourth-order valence-electron chi connectivity index (χ4n) is 4.20. The third-order valence-corrected chi connectivity index (χ3v) is 6.21. The standard InChI is InChI=1S/C30H35N5O5/c1-20-18-23(10-11-25(20)33-28(37)32-22-8-6-5-7-9-22)39-24-12-15-31-26(19-24)34-27(36)21-13-16-35(17-14-21)29(38)40-30(2,3)4/h5-12,15,18-19,21H,13-14,16-17H2,1-4H3,(H,31,34,36)(H2,32,33,37). The lowest BCUT2D eigenvalue weighted by atomic mass is 9.96. The molecule has 3 N–H and O–H groups in total. The molecule has 2 heterocycles. The van der Waals surface area contributed by atoms with Crippen LogP contribution in [0.2, 0.25) is 0 Å². The molecule has 4 rings (SSSR count). The molecule has 2 aromatic carbocycles. The van der Waals surface area contributed by atoms with Crippen LogP contribution in [0.1, 0.15) is 39.2 Å². The normalized spacial score (nSPS) is 13.8. The molecule has 40 heavy (non-hydrogen) atoms. The van der Waals surface area contributed by atoms with E-state index in [1.807, 2.05) is 64.1 Å². The lowest BCUT2D eigenvalue weighted by molar-refractivity contribution is -0.121. The van der Waals surface area contributed by atoms with Crippen molar-refractivity contribution in [3.05, 3.63) is 72.4 Å². The Hall–Kier alpha value is -4.60. The average Bonchev–Trinajstić information content (AvgIpc) is 2.90. The summed E-state index contributed by atoms with van der Waals surface area (Å²) in [5, 5.41) is 8.49. The fourth-order valence-corrected chi connectivity index (χ4v) is 4.20. The number of anilines is 3. The number of carbonyl (C=O) groups is 3. The summed E-state index contributed by atoms with van der Waals surface area (Å²) in [6, 6.07) is 17.5. The Bertz CT molecular complexity index is 1350. The van der Waals surface area contributed by atoms with Gasteiger partial charge in [0.15, 0.2) is 0 Å². The van der Waals surface area contributed by atoms with Gasteiger partial charge in [-0.3, -0.25) is 4.79 Å². The van der Waals surface area contributed by atoms with Crippen LogP contribution in [-0.2, 0) is 9.53 Å². The molecular weight excluding hydrogens is 510 g/mol. The number of para-hydroxylation sites is 1. The summed E-state index contributed by atoms with van der Waals surface area (Å²) in [7, 11) is 0. The van der Waals surface area contributed by atoms with Gasteiger partial charge in [-0.1, -0.05) is 18.2 Å². The minimum atomic E-state index is -0.555. The second-order valence-corrected chi connectivity index (χ2v) is 10.6. The van der Waals surface area contributed by atoms with Gasteiger partial charge in [0.05, 0.1) is 0 Å². The van der Waals surface area contributed by atoms with E-state index in [0.29, 0.717) is 54.6 Å². The van der Waals surface area contributed by atoms with Crippen LogP contribution in [0.25, 0.3) is 0 Å². The molecule has 0 unspecified atom stereocenters. The first kappa shape index (κ1) is 28.4. The van der Waals surface area contributed by atoms with Crippen molar-refractivity contribution in [3.8, 4) is 11.5 Å². The molecule has 1 aliphatic heterocycles. The predicted octanol–water partition coefficient (Wildman–Crippen LogP) is 6.41. The summed E-state index contributed by atoms with van der Waals surface area (Å²) in [5.74, 6) is 1.08. The molecule has 1 aromatic heterocycles. The first-order valence-corrected chi connectivity index (χ1v) is 13.2. The quantitative estimate of drug-likeness (QED) is 0.329. The van der Waals surface area contributed by atoms with E-state index in [9.17, 15) is 14.4 Å². The second-order valence-electron chi connectivity index (χ2n) is 10.6. The van der Waals surface area contributed by atoms with Crippen LogP contribution in [0.3, 0.4) is 0 Å². The number of likely N-dealkylation sites (tertiary alicyclic amines) is 1. The highest BCUT2D eigenvalue weighted by Crippen LogP contribution is 2.28. The number of nitrogens with zero attached hydrogens (tertiary/aromatic N) is 2. The lowest BCUT2D eigenvalue weighted by Crippen LogP contribution is -2.43. The number of ether oxygens (including phenoxy) is 2. The Kier molecular flexibility index (Phi) is 8.88. The minimum absolute atomic E-state index is 0.145. The van der Waals surface area contributed by atoms with E-state index in [2.05, 4.69) is 20.9 Å². The minimum Gasteiger partial charge on any atom is -0.457 e. The SMILES string of the molecule is Cc1cc(Oc2ccnc(NC(=O)C3CCN(C(=O)OC(C)(C)C)CC3)c2)ccc1NC(=O)Nc1ccccc1. The highest BCUT2D eigenvalue weighted by Gasteiger charge is 2.30. The van der Waals surface area contributed by atoms with Crippen LogP contribution in [0.4, 0.5) is 26.8 Å². The van der Waals surface area contributed by atoms with Gasteiger partial charge in [-0.15, -0.1) is 0 Å². The maximum Gasteiger partial charge on any atom is 0.410 e. The number of pyridine rings is 1. The molecule has 4 amide bonds. The van der Waals surface area contributed by atoms with Crippen molar-refractivity contribution >= 4 is 35.2 Å². The molecule has 3 aromatic rings. The first-order chi connectivity index (χ1) is 19.1. The molecular formula is C30H35N5O5. The third-order valence-electron chi connectivity index (χ3n) is 6.21. The van der Waals surface area contributed by atoms with E-state index in [0.717, 1.165) is 5.56 Å². The number of nitrogens with one attached hydrogen (secondary N) is 3. The highest BCUT2D eigenvalue weighted by molar-refractivity contribution is 6.00. The van der Waals surface area contributed by atoms with Gasteiger partial charge in [0.25, 0.3) is 0 Å². The van der Waals surface area contributed by atoms with Crippen LogP contribution in [0, 0.1) is 12.8 Å². The molecule has 0 atom stereocenters. The largest absolute Gasteiger partial charge is 0.457 e. The maximum absolute atomic E-state index is 12.9. The molecule has 0 radical (unpaired) electrons. The molecule has 0 bridgehead atoms. The van der Waals surface area contributed by atoms with Crippen molar-refractivity contribution in [2.45, 2.75) is 46.1 Å². The summed E-state index contributed by atoms with van der Waals surface area (Å²) in [4.78, 5) is 43.4. The number of urea groups is 1. The molecule has 1 aliphatic rings. The van der Waals surface area contributed by atoms with Crippen molar-refractivity contribution in [2.24, 2.45) is 5.92 Å². The zero-order valence-corrected chi connectivity index (χ0v) is 23.2. The van der Waals surface area contributed by atoms with Crippen molar-refractivity contribution in [2.75, 3.05) is 29.0 Å². The van der Waals surface area contributed by atoms with E-state index < -0.39 is 5.60 Å². The fraction of sp³-hybridized carbons (Fsp3) is 0.333. The maximum atomic E-state index is 12.9. The number of amides is 4. The Morgan fingerprint density at radius 3 is 2.27 bits per heavy atom. The van der Waals surface area contributed by atoms with Gasteiger partial charge in [-0.2, -0.15) is 0 Å². The molecule has 10 heteroatoms. The van der Waals surface area contributed by atoms with Gasteiger partial charge in [0.1, 0.15) is 22.9 Å². The van der Waals surface area contributed by atoms with Crippen LogP contribution in [0.5, 0.6) is 11.5 Å². The summed E-state index contributed by atoms with van der Waals surface area (Å²) in [5.41, 5.74) is 1.62. The van der Waals surface area contributed by atoms with Crippen LogP contribution in [-0.4, -0.2) is 46.6 Å². The average molecular weight is 546 g/mol. The monoisotopic (exact) mass is 545 g/mol. The van der Waals surface area contributed by atoms with E-state index >= 15 is 0 Å². The topological polar surface area (TPSA) is 122 Å². The van der Waals surface area contributed by atoms with Gasteiger partial charge in [0.2, 0.25) is 5.91 Å². The zero-order valence-electron chi connectivity index (χ0n) is 23.2. The van der Waals surface area contributed by atoms with Gasteiger partial charge in [0, 0.05) is 42.6 Å². The van der Waals surface area contributed by atoms with Crippen molar-refractivity contribution in [3.63, 3.8) is 0 Å². The van der Waals surface area contributed by atoms with E-state index in [4.69, 9.17) is 9.47 Å². The van der Waals surface area contributed by atoms with Gasteiger partial charge >= 0.3 is 12.1 Å². The van der Waals surface area contributed by atoms with E-state index in [-0.39, 0.29) is 23.9 Å². The highest BCUT2D eigenvalue weighted by atomic mass is 16.6. The number of hydrogen-bond acceptors (Lipinski definition) is 6. The smallest absolute Gasteiger partial charge is 0.410 e. The summed E-state index contributed by atoms with van der Waals surface area (Å²) < 4.78 is 11.4. The number of piperidine rings is 1. The number of hydrogen-bond donors (Lipinski definition) is 3. The number of aromatic nitrogens is 1. The number of aryl methyl sites for hydroxylation is 1. The van der Waals surface area contributed by atoms with Crippen LogP contribution in [0.15, 0.2) is 66.9 Å². The van der Waals surface area contributed by atoms with Crippen LogP contribution >= 0.6 is 0 Å². The van der Waals surface area contributed by atoms with Gasteiger partial charge in [-0.25, -0.2) is 14.6 Å². The number of carbonyl (C=O) groups excluding carboxylic acids is 3. The second kappa shape index (κ2) is 12.5. The Labute approximate surface area is 234 Å². The first-order valence-electron chi connectivity index (χ1n) is 13.2. The van der Waals surface area contributed by atoms with E-state index in [1.54, 1.807) is 35.4 Å². The third kappa shape index (κ3) is 8.20. The van der Waals surface area contributed by atoms with Crippen molar-refractivity contribution < 1.29 is 23.9 Å². The molecule has 1 fully saturated rings. The Balaban J connectivity index is 1.29. The Morgan fingerprint density at radius 2 is 1.60 bits per heavy atom. The van der Waals surface area contributed by atoms with Gasteiger partial charge < -0.3 is 30.3 Å². The lowest BCUT2D eigenvalue weighted by Gasteiger charge is -2.32. The molecule has 0 saturated carbocycles. The summed E-state index contributed by atoms with van der Waals surface area (Å²) >= 11 is 0. The predicted molar refractivity (Wildman–Crippen MR) is 154 cm³/mol. The van der Waals surface area contributed by atoms with Crippen molar-refractivity contribution in [1.82, 2.24) is 9.88 Å². The van der Waals surface area contributed by atoms with Gasteiger partial charge in [-0.05, 0) is 82.5 Å². The van der Waals surface area contributed by atoms with Crippen molar-refractivity contribution in [1.29, 1.82) is 0 Å². The van der Waals surface area contributed by atoms with E-state index in [1.165, 1.54) is 0 Å². The zero-order chi connectivity index (χ0) is 28.7. The number of rotatable bonds is 6. The Morgan fingerprint density at radius 1 is 0.900 bits per heavy atom. The molecule has 210 valence electrons. The summed E-state index contributed by atoms with van der Waals surface area (Å²) in [6.07, 6.45) is 2.30. The number of benzene rings is 2. The summed E-state index contributed by atoms with van der Waals surface area (Å²) in [6.45, 7) is 8.28.